The van der Waals surface area contributed by atoms with Gasteiger partial charge in [-0.25, -0.2) is 0 Å². The Hall–Kier alpha value is -1.39. The minimum absolute atomic E-state index is 0.295. The van der Waals surface area contributed by atoms with Gasteiger partial charge in [0.2, 0.25) is 0 Å². The topological polar surface area (TPSA) is 49.8 Å². The molecule has 0 spiro atoms. The SMILES string of the molecule is CC(C)N(Cc1ccccc1)CC1(C(=O)O)CCCOC1. The monoisotopic (exact) mass is 291 g/mol. The average Bonchev–Trinajstić information content (AvgIpc) is 2.48. The van der Waals surface area contributed by atoms with Crippen molar-refractivity contribution in [3.8, 4) is 0 Å². The molecule has 0 radical (unpaired) electrons. The van der Waals surface area contributed by atoms with Crippen molar-refractivity contribution in [1.82, 2.24) is 4.90 Å². The molecule has 0 amide bonds. The van der Waals surface area contributed by atoms with Gasteiger partial charge >= 0.3 is 5.97 Å². The fraction of sp³-hybridized carbons (Fsp3) is 0.588. The molecule has 21 heavy (non-hydrogen) atoms. The Kier molecular flexibility index (Phi) is 5.37. The molecular formula is C17H25NO3. The first-order valence-electron chi connectivity index (χ1n) is 7.63. The molecule has 2 rings (SSSR count). The number of carbonyl (C=O) groups is 1. The second-order valence-corrected chi connectivity index (χ2v) is 6.23. The highest BCUT2D eigenvalue weighted by molar-refractivity contribution is 5.75. The van der Waals surface area contributed by atoms with Crippen molar-refractivity contribution in [3.05, 3.63) is 35.9 Å². The van der Waals surface area contributed by atoms with Crippen LogP contribution in [0.4, 0.5) is 0 Å². The molecule has 0 saturated carbocycles. The van der Waals surface area contributed by atoms with Crippen LogP contribution in [0.1, 0.15) is 32.3 Å². The Morgan fingerprint density at radius 3 is 2.62 bits per heavy atom. The van der Waals surface area contributed by atoms with Crippen LogP contribution in [-0.2, 0) is 16.1 Å². The first-order valence-corrected chi connectivity index (χ1v) is 7.63. The van der Waals surface area contributed by atoms with Crippen molar-refractivity contribution in [1.29, 1.82) is 0 Å². The largest absolute Gasteiger partial charge is 0.481 e. The number of carboxylic acid groups (broad SMARTS) is 1. The third-order valence-corrected chi connectivity index (χ3v) is 4.24. The van der Waals surface area contributed by atoms with Gasteiger partial charge in [-0.1, -0.05) is 30.3 Å². The third kappa shape index (κ3) is 4.05. The molecule has 0 aliphatic carbocycles. The predicted octanol–water partition coefficient (Wildman–Crippen LogP) is 2.78. The van der Waals surface area contributed by atoms with E-state index in [0.29, 0.717) is 32.2 Å². The first kappa shape index (κ1) is 16.0. The molecule has 1 N–H and O–H groups in total. The van der Waals surface area contributed by atoms with E-state index in [0.717, 1.165) is 13.0 Å². The van der Waals surface area contributed by atoms with Gasteiger partial charge in [-0.05, 0) is 32.3 Å². The van der Waals surface area contributed by atoms with Gasteiger partial charge in [0, 0.05) is 25.7 Å². The van der Waals surface area contributed by atoms with Gasteiger partial charge in [0.15, 0.2) is 0 Å². The summed E-state index contributed by atoms with van der Waals surface area (Å²) < 4.78 is 5.47. The zero-order valence-corrected chi connectivity index (χ0v) is 12.9. The number of hydrogen-bond donors (Lipinski definition) is 1. The van der Waals surface area contributed by atoms with E-state index in [1.54, 1.807) is 0 Å². The van der Waals surface area contributed by atoms with Crippen LogP contribution in [-0.4, -0.2) is 41.8 Å². The van der Waals surface area contributed by atoms with E-state index in [-0.39, 0.29) is 0 Å². The summed E-state index contributed by atoms with van der Waals surface area (Å²) in [6.07, 6.45) is 1.52. The van der Waals surface area contributed by atoms with E-state index < -0.39 is 11.4 Å². The lowest BCUT2D eigenvalue weighted by atomic mass is 9.81. The standard InChI is InChI=1S/C17H25NO3/c1-14(2)18(11-15-7-4-3-5-8-15)12-17(16(19)20)9-6-10-21-13-17/h3-5,7-8,14H,6,9-13H2,1-2H3,(H,19,20). The zero-order chi connectivity index (χ0) is 15.3. The quantitative estimate of drug-likeness (QED) is 0.875. The molecule has 1 aliphatic rings. The molecule has 4 nitrogen and oxygen atoms in total. The smallest absolute Gasteiger partial charge is 0.313 e. The van der Waals surface area contributed by atoms with Crippen LogP contribution < -0.4 is 0 Å². The summed E-state index contributed by atoms with van der Waals surface area (Å²) >= 11 is 0. The zero-order valence-electron chi connectivity index (χ0n) is 12.9. The van der Waals surface area contributed by atoms with Gasteiger partial charge in [-0.3, -0.25) is 9.69 Å². The second kappa shape index (κ2) is 7.05. The van der Waals surface area contributed by atoms with Crippen LogP contribution in [0.15, 0.2) is 30.3 Å². The highest BCUT2D eigenvalue weighted by Crippen LogP contribution is 2.31. The maximum absolute atomic E-state index is 11.8. The molecule has 4 heteroatoms. The van der Waals surface area contributed by atoms with E-state index in [1.807, 2.05) is 18.2 Å². The van der Waals surface area contributed by atoms with Crippen molar-refractivity contribution in [3.63, 3.8) is 0 Å². The van der Waals surface area contributed by atoms with Crippen LogP contribution in [0.25, 0.3) is 0 Å². The van der Waals surface area contributed by atoms with Gasteiger partial charge < -0.3 is 9.84 Å². The lowest BCUT2D eigenvalue weighted by Crippen LogP contribution is -2.49. The summed E-state index contributed by atoms with van der Waals surface area (Å²) in [4.78, 5) is 14.0. The summed E-state index contributed by atoms with van der Waals surface area (Å²) in [7, 11) is 0. The minimum Gasteiger partial charge on any atom is -0.481 e. The second-order valence-electron chi connectivity index (χ2n) is 6.23. The Bertz CT molecular complexity index is 452. The molecule has 1 saturated heterocycles. The highest BCUT2D eigenvalue weighted by atomic mass is 16.5. The molecule has 1 aromatic rings. The summed E-state index contributed by atoms with van der Waals surface area (Å²) in [5, 5.41) is 9.68. The maximum atomic E-state index is 11.8. The average molecular weight is 291 g/mol. The van der Waals surface area contributed by atoms with Crippen LogP contribution in [0.5, 0.6) is 0 Å². The highest BCUT2D eigenvalue weighted by Gasteiger charge is 2.42. The predicted molar refractivity (Wildman–Crippen MR) is 82.1 cm³/mol. The van der Waals surface area contributed by atoms with Gasteiger partial charge in [0.1, 0.15) is 5.41 Å². The summed E-state index contributed by atoms with van der Waals surface area (Å²) in [5.74, 6) is -0.735. The van der Waals surface area contributed by atoms with Gasteiger partial charge in [-0.2, -0.15) is 0 Å². The first-order chi connectivity index (χ1) is 10.0. The fourth-order valence-corrected chi connectivity index (χ4v) is 2.84. The van der Waals surface area contributed by atoms with Gasteiger partial charge in [0.25, 0.3) is 0 Å². The number of ether oxygens (including phenoxy) is 1. The number of nitrogens with zero attached hydrogens (tertiary/aromatic N) is 1. The van der Waals surface area contributed by atoms with E-state index >= 15 is 0 Å². The molecular weight excluding hydrogens is 266 g/mol. The summed E-state index contributed by atoms with van der Waals surface area (Å²) in [6.45, 7) is 6.53. The normalized spacial score (nSPS) is 22.7. The van der Waals surface area contributed by atoms with Gasteiger partial charge in [0.05, 0.1) is 6.61 Å². The molecule has 1 fully saturated rings. The Balaban J connectivity index is 2.12. The van der Waals surface area contributed by atoms with Gasteiger partial charge in [-0.15, -0.1) is 0 Å². The molecule has 1 atom stereocenters. The summed E-state index contributed by atoms with van der Waals surface area (Å²) in [5.41, 5.74) is 0.445. The van der Waals surface area contributed by atoms with Crippen molar-refractivity contribution in [2.45, 2.75) is 39.3 Å². The minimum atomic E-state index is -0.767. The molecule has 116 valence electrons. The van der Waals surface area contributed by atoms with Crippen molar-refractivity contribution in [2.24, 2.45) is 5.41 Å². The van der Waals surface area contributed by atoms with Crippen LogP contribution in [0.2, 0.25) is 0 Å². The third-order valence-electron chi connectivity index (χ3n) is 4.24. The van der Waals surface area contributed by atoms with E-state index in [9.17, 15) is 9.90 Å². The van der Waals surface area contributed by atoms with Crippen LogP contribution in [0, 0.1) is 5.41 Å². The molecule has 1 unspecified atom stereocenters. The maximum Gasteiger partial charge on any atom is 0.313 e. The Morgan fingerprint density at radius 2 is 2.10 bits per heavy atom. The van der Waals surface area contributed by atoms with E-state index in [4.69, 9.17) is 4.74 Å². The number of hydrogen-bond acceptors (Lipinski definition) is 3. The number of benzene rings is 1. The molecule has 0 bridgehead atoms. The fourth-order valence-electron chi connectivity index (χ4n) is 2.84. The summed E-state index contributed by atoms with van der Waals surface area (Å²) in [6, 6.07) is 10.5. The molecule has 1 heterocycles. The number of rotatable bonds is 6. The van der Waals surface area contributed by atoms with Crippen LogP contribution >= 0.6 is 0 Å². The molecule has 1 aliphatic heterocycles. The van der Waals surface area contributed by atoms with Crippen molar-refractivity contribution >= 4 is 5.97 Å². The molecule has 1 aromatic carbocycles. The number of aliphatic carboxylic acids is 1. The lowest BCUT2D eigenvalue weighted by molar-refractivity contribution is -0.160. The lowest BCUT2D eigenvalue weighted by Gasteiger charge is -2.39. The Labute approximate surface area is 126 Å². The van der Waals surface area contributed by atoms with E-state index in [1.165, 1.54) is 5.56 Å². The number of carboxylic acids is 1. The molecule has 0 aromatic heterocycles. The Morgan fingerprint density at radius 1 is 1.38 bits per heavy atom. The van der Waals surface area contributed by atoms with E-state index in [2.05, 4.69) is 30.9 Å². The van der Waals surface area contributed by atoms with Crippen LogP contribution in [0.3, 0.4) is 0 Å². The van der Waals surface area contributed by atoms with Crippen molar-refractivity contribution < 1.29 is 14.6 Å². The van der Waals surface area contributed by atoms with Crippen molar-refractivity contribution in [2.75, 3.05) is 19.8 Å².